The van der Waals surface area contributed by atoms with Crippen LogP contribution in [0, 0.1) is 0 Å². The van der Waals surface area contributed by atoms with E-state index in [1.54, 1.807) is 55.7 Å². The molecule has 3 aromatic rings. The van der Waals surface area contributed by atoms with Crippen molar-refractivity contribution >= 4 is 47.0 Å². The number of amides is 1. The van der Waals surface area contributed by atoms with Crippen molar-refractivity contribution in [3.8, 4) is 17.0 Å². The molecule has 0 aliphatic rings. The van der Waals surface area contributed by atoms with Crippen molar-refractivity contribution in [1.29, 1.82) is 0 Å². The van der Waals surface area contributed by atoms with E-state index in [1.807, 2.05) is 0 Å². The van der Waals surface area contributed by atoms with Gasteiger partial charge in [-0.1, -0.05) is 46.6 Å². The number of benzene rings is 2. The molecule has 0 spiro atoms. The Morgan fingerprint density at radius 1 is 1.07 bits per heavy atom. The van der Waals surface area contributed by atoms with Gasteiger partial charge in [-0.2, -0.15) is 0 Å². The number of anilines is 1. The fourth-order valence-corrected chi connectivity index (χ4v) is 3.18. The second-order valence-electron chi connectivity index (χ2n) is 5.92. The number of nitrogens with zero attached hydrogens (tertiary/aromatic N) is 1. The van der Waals surface area contributed by atoms with Crippen LogP contribution in [0.2, 0.25) is 10.0 Å². The second kappa shape index (κ2) is 9.47. The zero-order valence-electron chi connectivity index (χ0n) is 15.9. The van der Waals surface area contributed by atoms with Crippen LogP contribution < -0.4 is 10.1 Å². The molecule has 1 heterocycles. The summed E-state index contributed by atoms with van der Waals surface area (Å²) < 4.78 is 15.1. The molecular weight excluding hydrogens is 431 g/mol. The van der Waals surface area contributed by atoms with Crippen molar-refractivity contribution in [2.75, 3.05) is 19.5 Å². The highest BCUT2D eigenvalue weighted by molar-refractivity contribution is 6.39. The molecule has 9 heteroatoms. The van der Waals surface area contributed by atoms with E-state index in [1.165, 1.54) is 13.2 Å². The number of hydrogen-bond donors (Lipinski definition) is 1. The minimum Gasteiger partial charge on any atom is -0.497 e. The molecule has 30 heavy (non-hydrogen) atoms. The van der Waals surface area contributed by atoms with Crippen molar-refractivity contribution in [2.45, 2.75) is 0 Å². The second-order valence-corrected chi connectivity index (χ2v) is 6.73. The molecule has 2 aromatic carbocycles. The van der Waals surface area contributed by atoms with Gasteiger partial charge in [-0.3, -0.25) is 10.1 Å². The molecule has 0 aliphatic heterocycles. The molecule has 0 unspecified atom stereocenters. The largest absolute Gasteiger partial charge is 0.497 e. The number of aromatic nitrogens is 1. The third-order valence-electron chi connectivity index (χ3n) is 4.06. The Balaban J connectivity index is 1.88. The number of hydrogen-bond acceptors (Lipinski definition) is 6. The van der Waals surface area contributed by atoms with Crippen LogP contribution in [0.5, 0.6) is 5.75 Å². The van der Waals surface area contributed by atoms with E-state index < -0.39 is 11.9 Å². The van der Waals surface area contributed by atoms with Crippen molar-refractivity contribution in [3.63, 3.8) is 0 Å². The van der Waals surface area contributed by atoms with Crippen LogP contribution in [0.25, 0.3) is 17.3 Å². The Morgan fingerprint density at radius 3 is 2.33 bits per heavy atom. The minimum absolute atomic E-state index is 0.0619. The Kier molecular flexibility index (Phi) is 6.76. The monoisotopic (exact) mass is 446 g/mol. The van der Waals surface area contributed by atoms with Crippen LogP contribution >= 0.6 is 23.2 Å². The van der Waals surface area contributed by atoms with Gasteiger partial charge in [0, 0.05) is 11.6 Å². The lowest BCUT2D eigenvalue weighted by Gasteiger charge is -2.06. The first-order valence-electron chi connectivity index (χ1n) is 8.60. The van der Waals surface area contributed by atoms with Gasteiger partial charge in [0.15, 0.2) is 5.56 Å². The predicted molar refractivity (Wildman–Crippen MR) is 114 cm³/mol. The van der Waals surface area contributed by atoms with Crippen LogP contribution in [-0.4, -0.2) is 31.3 Å². The van der Waals surface area contributed by atoms with Crippen LogP contribution in [0.1, 0.15) is 15.9 Å². The molecule has 0 fully saturated rings. The zero-order chi connectivity index (χ0) is 21.7. The van der Waals surface area contributed by atoms with E-state index in [2.05, 4.69) is 10.5 Å². The van der Waals surface area contributed by atoms with Crippen molar-refractivity contribution in [2.24, 2.45) is 0 Å². The van der Waals surface area contributed by atoms with Crippen LogP contribution in [0.15, 0.2) is 53.1 Å². The normalized spacial score (nSPS) is 10.8. The van der Waals surface area contributed by atoms with Crippen molar-refractivity contribution in [1.82, 2.24) is 5.16 Å². The SMILES string of the molecule is COC(=O)c1c(-c2c(Cl)cccc2Cl)noc1NC(=O)/C=C/c1ccc(OC)cc1. The number of rotatable bonds is 6. The van der Waals surface area contributed by atoms with Crippen LogP contribution in [-0.2, 0) is 9.53 Å². The summed E-state index contributed by atoms with van der Waals surface area (Å²) in [6, 6.07) is 11.9. The van der Waals surface area contributed by atoms with Gasteiger partial charge in [0.1, 0.15) is 11.4 Å². The highest BCUT2D eigenvalue weighted by atomic mass is 35.5. The molecule has 1 N–H and O–H groups in total. The molecule has 0 aliphatic carbocycles. The average molecular weight is 447 g/mol. The molecule has 0 radical (unpaired) electrons. The van der Waals surface area contributed by atoms with Crippen LogP contribution in [0.4, 0.5) is 5.88 Å². The lowest BCUT2D eigenvalue weighted by atomic mass is 10.1. The van der Waals surface area contributed by atoms with Gasteiger partial charge in [-0.15, -0.1) is 0 Å². The third-order valence-corrected chi connectivity index (χ3v) is 4.69. The molecule has 154 valence electrons. The fraction of sp³-hybridized carbons (Fsp3) is 0.0952. The summed E-state index contributed by atoms with van der Waals surface area (Å²) in [5.41, 5.74) is 1.03. The zero-order valence-corrected chi connectivity index (χ0v) is 17.5. The summed E-state index contributed by atoms with van der Waals surface area (Å²) in [4.78, 5) is 24.7. The predicted octanol–water partition coefficient (Wildman–Crippen LogP) is 5.10. The molecule has 3 rings (SSSR count). The van der Waals surface area contributed by atoms with E-state index in [-0.39, 0.29) is 27.2 Å². The molecule has 1 aromatic heterocycles. The van der Waals surface area contributed by atoms with E-state index in [9.17, 15) is 9.59 Å². The lowest BCUT2D eigenvalue weighted by Crippen LogP contribution is -2.12. The Labute approximate surface area is 182 Å². The van der Waals surface area contributed by atoms with Crippen molar-refractivity contribution < 1.29 is 23.6 Å². The number of nitrogens with one attached hydrogen (secondary N) is 1. The maximum absolute atomic E-state index is 12.3. The minimum atomic E-state index is -0.767. The maximum Gasteiger partial charge on any atom is 0.345 e. The fourth-order valence-electron chi connectivity index (χ4n) is 2.60. The number of ether oxygens (including phenoxy) is 2. The van der Waals surface area contributed by atoms with Crippen LogP contribution in [0.3, 0.4) is 0 Å². The van der Waals surface area contributed by atoms with Gasteiger partial charge in [0.25, 0.3) is 5.91 Å². The van der Waals surface area contributed by atoms with Gasteiger partial charge in [-0.05, 0) is 35.9 Å². The Morgan fingerprint density at radius 2 is 1.73 bits per heavy atom. The van der Waals surface area contributed by atoms with E-state index >= 15 is 0 Å². The first kappa shape index (κ1) is 21.4. The molecule has 0 saturated carbocycles. The topological polar surface area (TPSA) is 90.7 Å². The van der Waals surface area contributed by atoms with Gasteiger partial charge in [-0.25, -0.2) is 4.79 Å². The first-order valence-corrected chi connectivity index (χ1v) is 9.35. The molecule has 0 saturated heterocycles. The smallest absolute Gasteiger partial charge is 0.345 e. The third kappa shape index (κ3) is 4.64. The molecule has 0 atom stereocenters. The number of methoxy groups -OCH3 is 2. The standard InChI is InChI=1S/C21H16Cl2N2O5/c1-28-13-9-6-12(7-10-13)8-11-16(26)24-20-18(21(27)29-2)19(25-30-20)17-14(22)4-3-5-15(17)23/h3-11H,1-2H3,(H,24,26)/b11-8+. The first-order chi connectivity index (χ1) is 14.4. The summed E-state index contributed by atoms with van der Waals surface area (Å²) in [5.74, 6) is -0.787. The average Bonchev–Trinajstić information content (AvgIpc) is 3.14. The Hall–Kier alpha value is -3.29. The Bertz CT molecular complexity index is 1090. The van der Waals surface area contributed by atoms with E-state index in [0.717, 1.165) is 5.56 Å². The summed E-state index contributed by atoms with van der Waals surface area (Å²) >= 11 is 12.4. The molecule has 7 nitrogen and oxygen atoms in total. The van der Waals surface area contributed by atoms with Gasteiger partial charge in [0.05, 0.1) is 24.3 Å². The summed E-state index contributed by atoms with van der Waals surface area (Å²) in [5, 5.41) is 6.88. The highest BCUT2D eigenvalue weighted by Gasteiger charge is 2.28. The van der Waals surface area contributed by atoms with Gasteiger partial charge < -0.3 is 14.0 Å². The van der Waals surface area contributed by atoms with E-state index in [4.69, 9.17) is 37.2 Å². The van der Waals surface area contributed by atoms with Gasteiger partial charge >= 0.3 is 5.97 Å². The van der Waals surface area contributed by atoms with Gasteiger partial charge in [0.2, 0.25) is 5.88 Å². The molecule has 1 amide bonds. The van der Waals surface area contributed by atoms with Crippen molar-refractivity contribution in [3.05, 3.63) is 69.7 Å². The number of esters is 1. The number of halogens is 2. The summed E-state index contributed by atoms with van der Waals surface area (Å²) in [7, 11) is 2.77. The number of carbonyl (C=O) groups is 2. The quantitative estimate of drug-likeness (QED) is 0.418. The molecule has 0 bridgehead atoms. The lowest BCUT2D eigenvalue weighted by molar-refractivity contribution is -0.112. The highest BCUT2D eigenvalue weighted by Crippen LogP contribution is 2.38. The summed E-state index contributed by atoms with van der Waals surface area (Å²) in [6.07, 6.45) is 2.88. The number of carbonyl (C=O) groups excluding carboxylic acids is 2. The maximum atomic E-state index is 12.3. The summed E-state index contributed by atoms with van der Waals surface area (Å²) in [6.45, 7) is 0. The molecular formula is C21H16Cl2N2O5. The van der Waals surface area contributed by atoms with E-state index in [0.29, 0.717) is 11.3 Å².